The highest BCUT2D eigenvalue weighted by molar-refractivity contribution is 7.10. The van der Waals surface area contributed by atoms with Crippen molar-refractivity contribution in [2.24, 2.45) is 11.8 Å². The van der Waals surface area contributed by atoms with E-state index in [-0.39, 0.29) is 70.0 Å². The summed E-state index contributed by atoms with van der Waals surface area (Å²) in [6.45, 7) is 1.92. The summed E-state index contributed by atoms with van der Waals surface area (Å²) in [7, 11) is 0. The lowest BCUT2D eigenvalue weighted by molar-refractivity contribution is -0.163. The largest absolute Gasteiger partial charge is 0.493 e. The van der Waals surface area contributed by atoms with E-state index in [9.17, 15) is 50.9 Å². The molecular formula is C39H43F6N3O7S. The highest BCUT2D eigenvalue weighted by Gasteiger charge is 2.56. The Hall–Kier alpha value is -4.38. The SMILES string of the molecule is CCCC1N(C(=O)c2cnccc2C(F)(F)F)CCCC1(Oc1csc(C(F)(F)F)c1)C(=O)N1CCC(O)(c2ccccc2OCC2CCC(C(=O)O)C2)CC1. The number of carbonyl (C=O) groups is 3. The molecule has 1 saturated carbocycles. The summed E-state index contributed by atoms with van der Waals surface area (Å²) in [5, 5.41) is 22.5. The Balaban J connectivity index is 1.29. The summed E-state index contributed by atoms with van der Waals surface area (Å²) in [6, 6.07) is 7.20. The number of aliphatic hydroxyl groups is 1. The number of amides is 2. The van der Waals surface area contributed by atoms with Crippen molar-refractivity contribution in [3.63, 3.8) is 0 Å². The van der Waals surface area contributed by atoms with Crippen LogP contribution in [0.2, 0.25) is 0 Å². The molecule has 2 aromatic heterocycles. The van der Waals surface area contributed by atoms with Gasteiger partial charge in [-0.1, -0.05) is 31.5 Å². The number of pyridine rings is 1. The number of nitrogens with zero attached hydrogens (tertiary/aromatic N) is 3. The molecule has 4 unspecified atom stereocenters. The molecule has 3 aliphatic rings. The summed E-state index contributed by atoms with van der Waals surface area (Å²) in [4.78, 5) is 45.8. The number of alkyl halides is 6. The highest BCUT2D eigenvalue weighted by atomic mass is 32.1. The fourth-order valence-corrected chi connectivity index (χ4v) is 9.03. The van der Waals surface area contributed by atoms with Crippen LogP contribution in [0.3, 0.4) is 0 Å². The molecule has 3 fully saturated rings. The first-order valence-corrected chi connectivity index (χ1v) is 19.5. The molecule has 0 radical (unpaired) electrons. The van der Waals surface area contributed by atoms with Gasteiger partial charge >= 0.3 is 18.3 Å². The number of hydrogen-bond acceptors (Lipinski definition) is 8. The molecule has 4 heterocycles. The van der Waals surface area contributed by atoms with Gasteiger partial charge < -0.3 is 29.5 Å². The van der Waals surface area contributed by atoms with E-state index in [1.54, 1.807) is 31.2 Å². The van der Waals surface area contributed by atoms with Crippen LogP contribution in [0.15, 0.2) is 54.2 Å². The number of aliphatic carboxylic acids is 1. The van der Waals surface area contributed by atoms with Crippen LogP contribution in [0.1, 0.15) is 91.1 Å². The molecule has 1 aliphatic carbocycles. The van der Waals surface area contributed by atoms with Gasteiger partial charge in [0.2, 0.25) is 5.60 Å². The molecule has 17 heteroatoms. The first-order chi connectivity index (χ1) is 26.5. The van der Waals surface area contributed by atoms with E-state index >= 15 is 0 Å². The number of piperidine rings is 2. The van der Waals surface area contributed by atoms with Gasteiger partial charge in [-0.3, -0.25) is 19.4 Å². The lowest BCUT2D eigenvalue weighted by Crippen LogP contribution is -2.68. The molecule has 56 heavy (non-hydrogen) atoms. The second-order valence-corrected chi connectivity index (χ2v) is 15.7. The first kappa shape index (κ1) is 41.3. The molecule has 1 aromatic carbocycles. The number of halogens is 6. The normalized spacial score (nSPS) is 24.2. The zero-order chi connectivity index (χ0) is 40.5. The summed E-state index contributed by atoms with van der Waals surface area (Å²) < 4.78 is 95.8. The number of ether oxygens (including phenoxy) is 2. The van der Waals surface area contributed by atoms with E-state index in [4.69, 9.17) is 9.47 Å². The predicted molar refractivity (Wildman–Crippen MR) is 191 cm³/mol. The van der Waals surface area contributed by atoms with E-state index in [0.717, 1.165) is 28.7 Å². The van der Waals surface area contributed by atoms with Gasteiger partial charge in [-0.15, -0.1) is 11.3 Å². The highest BCUT2D eigenvalue weighted by Crippen LogP contribution is 2.45. The van der Waals surface area contributed by atoms with Crippen LogP contribution in [-0.4, -0.2) is 80.7 Å². The molecule has 2 aliphatic heterocycles. The quantitative estimate of drug-likeness (QED) is 0.188. The summed E-state index contributed by atoms with van der Waals surface area (Å²) >= 11 is 0.366. The van der Waals surface area contributed by atoms with E-state index in [2.05, 4.69) is 4.98 Å². The van der Waals surface area contributed by atoms with Crippen molar-refractivity contribution >= 4 is 29.1 Å². The summed E-state index contributed by atoms with van der Waals surface area (Å²) in [5.41, 5.74) is -4.89. The number of likely N-dealkylation sites (tertiary alicyclic amines) is 2. The van der Waals surface area contributed by atoms with Crippen LogP contribution in [0, 0.1) is 11.8 Å². The smallest absolute Gasteiger partial charge is 0.425 e. The van der Waals surface area contributed by atoms with Gasteiger partial charge in [0.25, 0.3) is 11.8 Å². The fraction of sp³-hybridized carbons (Fsp3) is 0.538. The topological polar surface area (TPSA) is 130 Å². The Morgan fingerprint density at radius 2 is 1.73 bits per heavy atom. The second kappa shape index (κ2) is 16.2. The van der Waals surface area contributed by atoms with E-state index in [1.807, 2.05) is 0 Å². The Morgan fingerprint density at radius 1 is 1.00 bits per heavy atom. The van der Waals surface area contributed by atoms with E-state index in [0.29, 0.717) is 54.4 Å². The monoisotopic (exact) mass is 811 g/mol. The minimum absolute atomic E-state index is 0.0250. The van der Waals surface area contributed by atoms with Crippen molar-refractivity contribution in [3.05, 3.63) is 75.7 Å². The predicted octanol–water partition coefficient (Wildman–Crippen LogP) is 7.79. The summed E-state index contributed by atoms with van der Waals surface area (Å²) in [5.74, 6) is -2.77. The third-order valence-corrected chi connectivity index (χ3v) is 12.1. The number of rotatable bonds is 11. The fourth-order valence-electron chi connectivity index (χ4n) is 8.35. The van der Waals surface area contributed by atoms with Crippen molar-refractivity contribution in [2.45, 2.75) is 94.3 Å². The maximum Gasteiger partial charge on any atom is 0.425 e. The van der Waals surface area contributed by atoms with E-state index < -0.39 is 69.3 Å². The Morgan fingerprint density at radius 3 is 2.38 bits per heavy atom. The van der Waals surface area contributed by atoms with Crippen LogP contribution in [-0.2, 0) is 27.5 Å². The van der Waals surface area contributed by atoms with Gasteiger partial charge in [-0.2, -0.15) is 26.3 Å². The minimum atomic E-state index is -4.90. The Bertz CT molecular complexity index is 1900. The number of carboxylic acids is 1. The van der Waals surface area contributed by atoms with Crippen molar-refractivity contribution in [3.8, 4) is 11.5 Å². The molecule has 0 bridgehead atoms. The number of para-hydroxylation sites is 1. The number of carbonyl (C=O) groups excluding carboxylic acids is 2. The average Bonchev–Trinajstić information content (AvgIpc) is 3.85. The lowest BCUT2D eigenvalue weighted by atomic mass is 9.78. The Labute approximate surface area is 323 Å². The van der Waals surface area contributed by atoms with Crippen molar-refractivity contribution in [2.75, 3.05) is 26.2 Å². The zero-order valence-electron chi connectivity index (χ0n) is 30.6. The molecule has 2 N–H and O–H groups in total. The molecule has 304 valence electrons. The molecule has 3 aromatic rings. The van der Waals surface area contributed by atoms with Crippen molar-refractivity contribution < 1.29 is 60.4 Å². The number of carboxylic acid groups (broad SMARTS) is 1. The molecule has 0 spiro atoms. The molecule has 6 rings (SSSR count). The van der Waals surface area contributed by atoms with Crippen LogP contribution in [0.5, 0.6) is 11.5 Å². The zero-order valence-corrected chi connectivity index (χ0v) is 31.4. The van der Waals surface area contributed by atoms with Crippen LogP contribution < -0.4 is 9.47 Å². The number of aromatic nitrogens is 1. The summed E-state index contributed by atoms with van der Waals surface area (Å²) in [6.07, 6.45) is -5.60. The van der Waals surface area contributed by atoms with Crippen molar-refractivity contribution in [1.29, 1.82) is 0 Å². The van der Waals surface area contributed by atoms with Gasteiger partial charge in [0.05, 0.1) is 35.3 Å². The van der Waals surface area contributed by atoms with Crippen LogP contribution in [0.25, 0.3) is 0 Å². The van der Waals surface area contributed by atoms with Crippen LogP contribution in [0.4, 0.5) is 26.3 Å². The lowest BCUT2D eigenvalue weighted by Gasteiger charge is -2.51. The number of benzene rings is 1. The van der Waals surface area contributed by atoms with E-state index in [1.165, 1.54) is 4.90 Å². The Kier molecular flexibility index (Phi) is 12.0. The first-order valence-electron chi connectivity index (χ1n) is 18.6. The molecule has 4 atom stereocenters. The van der Waals surface area contributed by atoms with Crippen LogP contribution >= 0.6 is 11.3 Å². The average molecular weight is 812 g/mol. The third kappa shape index (κ3) is 8.48. The van der Waals surface area contributed by atoms with Gasteiger partial charge in [0.1, 0.15) is 16.4 Å². The second-order valence-electron chi connectivity index (χ2n) is 14.8. The molecule has 10 nitrogen and oxygen atoms in total. The maximum atomic E-state index is 14.9. The molecule has 2 amide bonds. The third-order valence-electron chi connectivity index (χ3n) is 11.2. The van der Waals surface area contributed by atoms with Gasteiger partial charge in [0, 0.05) is 55.5 Å². The van der Waals surface area contributed by atoms with Gasteiger partial charge in [-0.25, -0.2) is 0 Å². The molecule has 2 saturated heterocycles. The van der Waals surface area contributed by atoms with Crippen molar-refractivity contribution in [1.82, 2.24) is 14.8 Å². The maximum absolute atomic E-state index is 14.9. The standard InChI is InChI=1S/C39H43F6N3O7S/c1-2-6-31-37(55-26-20-32(56-23-26)39(43,44)45,12-5-16-48(31)33(49)27-21-46-15-11-28(27)38(40,41)42)35(52)47-17-13-36(53,14-18-47)29-7-3-4-8-30(29)54-22-24-9-10-25(19-24)34(50)51/h3-4,7-8,11,15,20-21,23-25,31,53H,2,5-6,9-10,12-14,16-19,22H2,1H3,(H,50,51). The van der Waals surface area contributed by atoms with Gasteiger partial charge in [0.15, 0.2) is 0 Å². The minimum Gasteiger partial charge on any atom is -0.493 e. The molecular weight excluding hydrogens is 768 g/mol. The number of thiophene rings is 1. The number of hydrogen-bond donors (Lipinski definition) is 2. The van der Waals surface area contributed by atoms with Gasteiger partial charge in [-0.05, 0) is 63.0 Å².